The molecule has 0 atom stereocenters. The van der Waals surface area contributed by atoms with E-state index in [9.17, 15) is 0 Å². The summed E-state index contributed by atoms with van der Waals surface area (Å²) < 4.78 is 7.56. The topological polar surface area (TPSA) is 28.9 Å². The first kappa shape index (κ1) is 11.0. The number of H-pyrrole nitrogens is 1. The molecule has 0 amide bonds. The highest BCUT2D eigenvalue weighted by molar-refractivity contribution is 8.30. The fourth-order valence-electron chi connectivity index (χ4n) is 1.87. The highest BCUT2D eigenvalue weighted by Gasteiger charge is 2.09. The summed E-state index contributed by atoms with van der Waals surface area (Å²) in [6.45, 7) is 0. The van der Waals surface area contributed by atoms with Gasteiger partial charge in [0.2, 0.25) is 0 Å². The van der Waals surface area contributed by atoms with Crippen molar-refractivity contribution in [3.8, 4) is 0 Å². The smallest absolute Gasteiger partial charge is 0.0941 e. The van der Waals surface area contributed by atoms with Gasteiger partial charge in [0.05, 0.1) is 12.5 Å². The van der Waals surface area contributed by atoms with E-state index in [4.69, 9.17) is 4.42 Å². The SMILES string of the molecule is C1=[SH]C(Cc2cocc2Cc2cc[nH]c2)=CS1. The van der Waals surface area contributed by atoms with Crippen molar-refractivity contribution < 1.29 is 4.42 Å². The first-order valence-corrected chi connectivity index (χ1v) is 7.35. The molecule has 2 nitrogen and oxygen atoms in total. The van der Waals surface area contributed by atoms with Crippen LogP contribution in [-0.4, -0.2) is 9.68 Å². The van der Waals surface area contributed by atoms with E-state index in [1.165, 1.54) is 32.9 Å². The molecule has 17 heavy (non-hydrogen) atoms. The number of hydrogen-bond acceptors (Lipinski definition) is 2. The zero-order chi connectivity index (χ0) is 11.5. The third-order valence-electron chi connectivity index (χ3n) is 2.75. The first-order valence-electron chi connectivity index (χ1n) is 5.44. The summed E-state index contributed by atoms with van der Waals surface area (Å²) in [5, 5.41) is 2.23. The molecule has 0 unspecified atom stereocenters. The fourth-order valence-corrected chi connectivity index (χ4v) is 3.82. The summed E-state index contributed by atoms with van der Waals surface area (Å²) in [5.41, 5.74) is 3.89. The molecule has 0 bridgehead atoms. The Bertz CT molecular complexity index is 552. The lowest BCUT2D eigenvalue weighted by molar-refractivity contribution is 0.562. The molecule has 0 saturated heterocycles. The Hall–Kier alpha value is -1.13. The molecule has 2 aromatic rings. The minimum absolute atomic E-state index is 0.941. The van der Waals surface area contributed by atoms with Crippen molar-refractivity contribution in [2.75, 3.05) is 0 Å². The minimum Gasteiger partial charge on any atom is -0.472 e. The number of rotatable bonds is 4. The molecule has 1 aliphatic heterocycles. The largest absolute Gasteiger partial charge is 0.472 e. The molecule has 4 heteroatoms. The summed E-state index contributed by atoms with van der Waals surface area (Å²) >= 11 is 3.11. The van der Waals surface area contributed by atoms with Gasteiger partial charge in [0.25, 0.3) is 0 Å². The highest BCUT2D eigenvalue weighted by Crippen LogP contribution is 2.27. The second-order valence-electron chi connectivity index (χ2n) is 3.97. The maximum absolute atomic E-state index is 5.35. The number of furan rings is 1. The predicted molar refractivity (Wildman–Crippen MR) is 76.7 cm³/mol. The minimum atomic E-state index is 0.941. The van der Waals surface area contributed by atoms with Crippen LogP contribution in [0.15, 0.2) is 45.7 Å². The molecule has 0 aromatic carbocycles. The zero-order valence-corrected chi connectivity index (χ0v) is 10.9. The van der Waals surface area contributed by atoms with Crippen molar-refractivity contribution in [3.05, 3.63) is 58.0 Å². The second-order valence-corrected chi connectivity index (χ2v) is 6.16. The third kappa shape index (κ3) is 2.58. The van der Waals surface area contributed by atoms with E-state index in [1.807, 2.05) is 24.9 Å². The molecule has 3 rings (SSSR count). The molecule has 1 aliphatic rings. The quantitative estimate of drug-likeness (QED) is 0.652. The van der Waals surface area contributed by atoms with E-state index < -0.39 is 0 Å². The molecule has 0 saturated carbocycles. The van der Waals surface area contributed by atoms with Gasteiger partial charge in [-0.05, 0) is 37.8 Å². The number of thiol groups is 1. The van der Waals surface area contributed by atoms with Gasteiger partial charge in [-0.2, -0.15) is 11.4 Å². The molecular formula is C13H13NOS2. The Balaban J connectivity index is 1.77. The monoisotopic (exact) mass is 263 g/mol. The fraction of sp³-hybridized carbons (Fsp3) is 0.154. The van der Waals surface area contributed by atoms with Crippen molar-refractivity contribution in [1.82, 2.24) is 4.98 Å². The summed E-state index contributed by atoms with van der Waals surface area (Å²) in [7, 11) is 0. The molecule has 0 fully saturated rings. The summed E-state index contributed by atoms with van der Waals surface area (Å²) in [5.74, 6) is 0. The number of nitrogens with one attached hydrogen (secondary N) is 1. The van der Waals surface area contributed by atoms with Gasteiger partial charge in [-0.15, -0.1) is 0 Å². The van der Waals surface area contributed by atoms with Crippen LogP contribution in [-0.2, 0) is 12.8 Å². The van der Waals surface area contributed by atoms with E-state index in [2.05, 4.69) is 21.2 Å². The van der Waals surface area contributed by atoms with Gasteiger partial charge in [0.15, 0.2) is 0 Å². The van der Waals surface area contributed by atoms with Crippen LogP contribution in [0.5, 0.6) is 0 Å². The van der Waals surface area contributed by atoms with Crippen LogP contribution in [0.25, 0.3) is 0 Å². The lowest BCUT2D eigenvalue weighted by atomic mass is 10.0. The lowest BCUT2D eigenvalue weighted by Gasteiger charge is -2.01. The van der Waals surface area contributed by atoms with Crippen LogP contribution < -0.4 is 0 Å². The standard InChI is InChI=1S/C13H13NOS2/c1-2-14-5-10(1)3-11-6-15-7-12(11)4-13-8-16-9-17-13/h1-2,5-9,14,17H,3-4H2. The van der Waals surface area contributed by atoms with Crippen LogP contribution in [0.1, 0.15) is 16.7 Å². The lowest BCUT2D eigenvalue weighted by Crippen LogP contribution is -1.91. The van der Waals surface area contributed by atoms with Crippen LogP contribution in [0.2, 0.25) is 0 Å². The van der Waals surface area contributed by atoms with Crippen molar-refractivity contribution >= 4 is 27.8 Å². The van der Waals surface area contributed by atoms with E-state index in [0.29, 0.717) is 0 Å². The molecule has 0 aliphatic carbocycles. The molecule has 2 aromatic heterocycles. The summed E-state index contributed by atoms with van der Waals surface area (Å²) in [6.07, 6.45) is 9.68. The number of aromatic nitrogens is 1. The van der Waals surface area contributed by atoms with Gasteiger partial charge < -0.3 is 9.40 Å². The van der Waals surface area contributed by atoms with Crippen molar-refractivity contribution in [3.63, 3.8) is 0 Å². The third-order valence-corrected chi connectivity index (χ3v) is 4.87. The van der Waals surface area contributed by atoms with Crippen LogP contribution in [0.4, 0.5) is 0 Å². The second kappa shape index (κ2) is 5.02. The maximum Gasteiger partial charge on any atom is 0.0941 e. The molecule has 3 heterocycles. The Kier molecular flexibility index (Phi) is 3.25. The van der Waals surface area contributed by atoms with E-state index in [1.54, 1.807) is 11.8 Å². The van der Waals surface area contributed by atoms with Gasteiger partial charge >= 0.3 is 0 Å². The molecule has 1 N–H and O–H groups in total. The zero-order valence-electron chi connectivity index (χ0n) is 9.22. The van der Waals surface area contributed by atoms with E-state index in [-0.39, 0.29) is 0 Å². The number of aromatic amines is 1. The number of thioether (sulfide) groups is 1. The van der Waals surface area contributed by atoms with Gasteiger partial charge in [-0.1, -0.05) is 11.8 Å². The highest BCUT2D eigenvalue weighted by atomic mass is 32.2. The molecular weight excluding hydrogens is 250 g/mol. The molecule has 0 spiro atoms. The van der Waals surface area contributed by atoms with Crippen molar-refractivity contribution in [2.24, 2.45) is 0 Å². The number of allylic oxidation sites excluding steroid dienone is 1. The predicted octanol–water partition coefficient (Wildman–Crippen LogP) is 3.55. The van der Waals surface area contributed by atoms with E-state index >= 15 is 0 Å². The average molecular weight is 263 g/mol. The Morgan fingerprint density at radius 1 is 1.24 bits per heavy atom. The van der Waals surface area contributed by atoms with Crippen molar-refractivity contribution in [2.45, 2.75) is 12.8 Å². The van der Waals surface area contributed by atoms with Crippen LogP contribution >= 0.6 is 23.1 Å². The summed E-state index contributed by atoms with van der Waals surface area (Å²) in [6, 6.07) is 2.10. The van der Waals surface area contributed by atoms with Gasteiger partial charge in [0.1, 0.15) is 0 Å². The Morgan fingerprint density at radius 3 is 2.82 bits per heavy atom. The Labute approximate surface area is 108 Å². The van der Waals surface area contributed by atoms with Crippen LogP contribution in [0, 0.1) is 0 Å². The molecule has 88 valence electrons. The van der Waals surface area contributed by atoms with E-state index in [0.717, 1.165) is 12.8 Å². The van der Waals surface area contributed by atoms with Gasteiger partial charge in [0, 0.05) is 25.2 Å². The number of hydrogen-bond donors (Lipinski definition) is 2. The summed E-state index contributed by atoms with van der Waals surface area (Å²) in [4.78, 5) is 4.53. The molecule has 0 radical (unpaired) electrons. The normalized spacial score (nSPS) is 14.7. The van der Waals surface area contributed by atoms with Gasteiger partial charge in [-0.3, -0.25) is 0 Å². The van der Waals surface area contributed by atoms with Crippen molar-refractivity contribution in [1.29, 1.82) is 0 Å². The Morgan fingerprint density at radius 2 is 2.12 bits per heavy atom. The average Bonchev–Trinajstić information content (AvgIpc) is 3.04. The van der Waals surface area contributed by atoms with Gasteiger partial charge in [-0.25, -0.2) is 0 Å². The first-order chi connectivity index (χ1) is 8.42. The maximum atomic E-state index is 5.35. The van der Waals surface area contributed by atoms with Crippen LogP contribution in [0.3, 0.4) is 0 Å².